The number of hydrogen-bond acceptors (Lipinski definition) is 7. The first-order valence-electron chi connectivity index (χ1n) is 11.5. The van der Waals surface area contributed by atoms with Gasteiger partial charge in [-0.25, -0.2) is 9.97 Å². The van der Waals surface area contributed by atoms with Gasteiger partial charge in [0.05, 0.1) is 16.9 Å². The number of nitrogens with one attached hydrogen (secondary N) is 1. The normalized spacial score (nSPS) is 13.8. The van der Waals surface area contributed by atoms with E-state index < -0.39 is 0 Å². The van der Waals surface area contributed by atoms with E-state index in [-0.39, 0.29) is 5.91 Å². The van der Waals surface area contributed by atoms with Crippen molar-refractivity contribution in [1.29, 1.82) is 0 Å². The Kier molecular flexibility index (Phi) is 6.31. The maximum Gasteiger partial charge on any atom is 0.266 e. The molecule has 8 heteroatoms. The van der Waals surface area contributed by atoms with E-state index in [0.717, 1.165) is 59.2 Å². The minimum atomic E-state index is -0.135. The van der Waals surface area contributed by atoms with Crippen molar-refractivity contribution in [2.24, 2.45) is 0 Å². The molecule has 0 bridgehead atoms. The van der Waals surface area contributed by atoms with Gasteiger partial charge in [-0.2, -0.15) is 0 Å². The number of aryl methyl sites for hydroxylation is 1. The molecule has 4 aromatic rings. The van der Waals surface area contributed by atoms with Crippen molar-refractivity contribution in [3.05, 3.63) is 71.4 Å². The fourth-order valence-electron chi connectivity index (χ4n) is 4.31. The van der Waals surface area contributed by atoms with Gasteiger partial charge in [-0.3, -0.25) is 4.79 Å². The summed E-state index contributed by atoms with van der Waals surface area (Å²) in [7, 11) is 0. The Morgan fingerprint density at radius 3 is 2.41 bits per heavy atom. The molecule has 34 heavy (non-hydrogen) atoms. The Hall–Kier alpha value is -3.65. The SMILES string of the molecule is CCOc1ccc(NC(=O)c2sc3ncnc(N4CCN(c5ccccc5)CC4)c3c2C)cc1. The van der Waals surface area contributed by atoms with Crippen LogP contribution in [0.3, 0.4) is 0 Å². The number of aromatic nitrogens is 2. The molecule has 3 heterocycles. The molecule has 1 fully saturated rings. The summed E-state index contributed by atoms with van der Waals surface area (Å²) >= 11 is 1.41. The van der Waals surface area contributed by atoms with Crippen LogP contribution < -0.4 is 19.9 Å². The first-order chi connectivity index (χ1) is 16.6. The van der Waals surface area contributed by atoms with Gasteiger partial charge in [0.1, 0.15) is 22.7 Å². The van der Waals surface area contributed by atoms with E-state index in [1.54, 1.807) is 6.33 Å². The third kappa shape index (κ3) is 4.41. The smallest absolute Gasteiger partial charge is 0.266 e. The maximum atomic E-state index is 13.1. The van der Waals surface area contributed by atoms with E-state index in [4.69, 9.17) is 4.74 Å². The number of amides is 1. The fraction of sp³-hybridized carbons (Fsp3) is 0.269. The Morgan fingerprint density at radius 1 is 1.00 bits per heavy atom. The Balaban J connectivity index is 1.35. The van der Waals surface area contributed by atoms with Crippen molar-refractivity contribution in [3.63, 3.8) is 0 Å². The summed E-state index contributed by atoms with van der Waals surface area (Å²) in [4.78, 5) is 28.4. The van der Waals surface area contributed by atoms with Gasteiger partial charge in [-0.05, 0) is 55.8 Å². The molecule has 2 aromatic carbocycles. The number of carbonyl (C=O) groups excluding carboxylic acids is 1. The molecule has 2 aromatic heterocycles. The van der Waals surface area contributed by atoms with Crippen LogP contribution in [0, 0.1) is 6.92 Å². The lowest BCUT2D eigenvalue weighted by Crippen LogP contribution is -2.46. The van der Waals surface area contributed by atoms with Crippen LogP contribution in [0.2, 0.25) is 0 Å². The van der Waals surface area contributed by atoms with Crippen molar-refractivity contribution < 1.29 is 9.53 Å². The zero-order valence-corrected chi connectivity index (χ0v) is 20.1. The highest BCUT2D eigenvalue weighted by atomic mass is 32.1. The van der Waals surface area contributed by atoms with E-state index in [9.17, 15) is 4.79 Å². The van der Waals surface area contributed by atoms with Crippen LogP contribution in [-0.4, -0.2) is 48.7 Å². The van der Waals surface area contributed by atoms with E-state index >= 15 is 0 Å². The first kappa shape index (κ1) is 22.2. The first-order valence-corrected chi connectivity index (χ1v) is 12.3. The van der Waals surface area contributed by atoms with Gasteiger partial charge in [0.25, 0.3) is 5.91 Å². The Morgan fingerprint density at radius 2 is 1.71 bits per heavy atom. The topological polar surface area (TPSA) is 70.6 Å². The van der Waals surface area contributed by atoms with Gasteiger partial charge in [-0.15, -0.1) is 11.3 Å². The van der Waals surface area contributed by atoms with Gasteiger partial charge < -0.3 is 19.9 Å². The molecule has 0 atom stereocenters. The van der Waals surface area contributed by atoms with Crippen LogP contribution in [0.5, 0.6) is 5.75 Å². The average Bonchev–Trinajstić information content (AvgIpc) is 3.23. The molecular weight excluding hydrogens is 446 g/mol. The Labute approximate surface area is 203 Å². The lowest BCUT2D eigenvalue weighted by molar-refractivity contribution is 0.103. The third-order valence-electron chi connectivity index (χ3n) is 6.04. The van der Waals surface area contributed by atoms with Crippen LogP contribution in [0.15, 0.2) is 60.9 Å². The van der Waals surface area contributed by atoms with E-state index in [0.29, 0.717) is 11.5 Å². The number of carbonyl (C=O) groups is 1. The summed E-state index contributed by atoms with van der Waals surface area (Å²) < 4.78 is 5.48. The summed E-state index contributed by atoms with van der Waals surface area (Å²) in [6.07, 6.45) is 1.60. The number of para-hydroxylation sites is 1. The van der Waals surface area contributed by atoms with Gasteiger partial charge in [-0.1, -0.05) is 18.2 Å². The number of fused-ring (bicyclic) bond motifs is 1. The highest BCUT2D eigenvalue weighted by Crippen LogP contribution is 2.36. The van der Waals surface area contributed by atoms with Gasteiger partial charge in [0.2, 0.25) is 0 Å². The molecule has 1 amide bonds. The molecule has 1 N–H and O–H groups in total. The standard InChI is InChI=1S/C26H27N5O2S/c1-3-33-21-11-9-19(10-12-21)29-25(32)23-18(2)22-24(27-17-28-26(22)34-23)31-15-13-30(14-16-31)20-7-5-4-6-8-20/h4-12,17H,3,13-16H2,1-2H3,(H,29,32). The summed E-state index contributed by atoms with van der Waals surface area (Å²) in [6.45, 7) is 8.11. The number of benzene rings is 2. The molecule has 174 valence electrons. The van der Waals surface area contributed by atoms with Crippen LogP contribution in [0.1, 0.15) is 22.2 Å². The highest BCUT2D eigenvalue weighted by Gasteiger charge is 2.24. The van der Waals surface area contributed by atoms with Gasteiger partial charge in [0.15, 0.2) is 0 Å². The molecule has 1 saturated heterocycles. The second-order valence-corrected chi connectivity index (χ2v) is 9.15. The quantitative estimate of drug-likeness (QED) is 0.426. The zero-order valence-electron chi connectivity index (χ0n) is 19.3. The van der Waals surface area contributed by atoms with Gasteiger partial charge >= 0.3 is 0 Å². The summed E-state index contributed by atoms with van der Waals surface area (Å²) in [5, 5.41) is 3.97. The Bertz CT molecular complexity index is 1280. The number of ether oxygens (including phenoxy) is 1. The fourth-order valence-corrected chi connectivity index (χ4v) is 5.35. The number of piperazine rings is 1. The van der Waals surface area contributed by atoms with E-state index in [1.165, 1.54) is 17.0 Å². The van der Waals surface area contributed by atoms with Gasteiger partial charge in [0, 0.05) is 37.6 Å². The molecule has 7 nitrogen and oxygen atoms in total. The molecule has 1 aliphatic rings. The monoisotopic (exact) mass is 473 g/mol. The lowest BCUT2D eigenvalue weighted by Gasteiger charge is -2.37. The molecule has 5 rings (SSSR count). The second-order valence-electron chi connectivity index (χ2n) is 8.15. The number of hydrogen-bond donors (Lipinski definition) is 1. The summed E-state index contributed by atoms with van der Waals surface area (Å²) in [5.41, 5.74) is 2.90. The number of anilines is 3. The highest BCUT2D eigenvalue weighted by molar-refractivity contribution is 7.20. The summed E-state index contributed by atoms with van der Waals surface area (Å²) in [5.74, 6) is 1.56. The largest absolute Gasteiger partial charge is 0.494 e. The molecule has 0 saturated carbocycles. The number of rotatable bonds is 6. The average molecular weight is 474 g/mol. The molecular formula is C26H27N5O2S. The van der Waals surface area contributed by atoms with Crippen molar-refractivity contribution in [2.45, 2.75) is 13.8 Å². The number of thiophene rings is 1. The predicted octanol–water partition coefficient (Wildman–Crippen LogP) is 4.98. The minimum absolute atomic E-state index is 0.135. The molecule has 1 aliphatic heterocycles. The van der Waals surface area contributed by atoms with Crippen LogP contribution in [0.25, 0.3) is 10.2 Å². The van der Waals surface area contributed by atoms with Crippen LogP contribution in [-0.2, 0) is 0 Å². The lowest BCUT2D eigenvalue weighted by atomic mass is 10.1. The third-order valence-corrected chi connectivity index (χ3v) is 7.24. The molecule has 0 radical (unpaired) electrons. The van der Waals surface area contributed by atoms with Crippen LogP contribution in [0.4, 0.5) is 17.2 Å². The van der Waals surface area contributed by atoms with Crippen molar-refractivity contribution >= 4 is 44.7 Å². The summed E-state index contributed by atoms with van der Waals surface area (Å²) in [6, 6.07) is 17.9. The molecule has 0 unspecified atom stereocenters. The number of nitrogens with zero attached hydrogens (tertiary/aromatic N) is 4. The van der Waals surface area contributed by atoms with Crippen molar-refractivity contribution in [3.8, 4) is 5.75 Å². The van der Waals surface area contributed by atoms with Crippen LogP contribution >= 0.6 is 11.3 Å². The minimum Gasteiger partial charge on any atom is -0.494 e. The van der Waals surface area contributed by atoms with Crippen molar-refractivity contribution in [2.75, 3.05) is 47.9 Å². The zero-order chi connectivity index (χ0) is 23.5. The maximum absolute atomic E-state index is 13.1. The predicted molar refractivity (Wildman–Crippen MR) is 139 cm³/mol. The molecule has 0 spiro atoms. The second kappa shape index (κ2) is 9.69. The van der Waals surface area contributed by atoms with E-state index in [1.807, 2.05) is 44.2 Å². The van der Waals surface area contributed by atoms with Crippen molar-refractivity contribution in [1.82, 2.24) is 9.97 Å². The van der Waals surface area contributed by atoms with E-state index in [2.05, 4.69) is 49.4 Å². The molecule has 0 aliphatic carbocycles.